The van der Waals surface area contributed by atoms with Crippen LogP contribution in [0.5, 0.6) is 0 Å². The van der Waals surface area contributed by atoms with Crippen molar-refractivity contribution in [1.82, 2.24) is 0 Å². The fourth-order valence-electron chi connectivity index (χ4n) is 1.01. The van der Waals surface area contributed by atoms with Crippen molar-refractivity contribution >= 4 is 28.4 Å². The van der Waals surface area contributed by atoms with Crippen LogP contribution in [0, 0.1) is 21.4 Å². The van der Waals surface area contributed by atoms with E-state index in [9.17, 15) is 14.9 Å². The van der Waals surface area contributed by atoms with Crippen molar-refractivity contribution in [2.45, 2.75) is 6.92 Å². The number of thiophene rings is 1. The lowest BCUT2D eigenvalue weighted by molar-refractivity contribution is -0.380. The van der Waals surface area contributed by atoms with Crippen LogP contribution in [0.15, 0.2) is 17.7 Å². The highest BCUT2D eigenvalue weighted by atomic mass is 32.1. The molecule has 0 saturated heterocycles. The van der Waals surface area contributed by atoms with Gasteiger partial charge in [-0.15, -0.1) is 0 Å². The number of nitriles is 1. The summed E-state index contributed by atoms with van der Waals surface area (Å²) in [6, 6.07) is 4.48. The standard InChI is InChI=1S/C10H8N2O4S/c1-2-16-10(13)7(6-11)5-8-3-4-9(17-8)12(14)15/h3-5H,2H2,1H3. The predicted molar refractivity (Wildman–Crippen MR) is 61.2 cm³/mol. The molecule has 0 aliphatic rings. The monoisotopic (exact) mass is 252 g/mol. The second-order valence-electron chi connectivity index (χ2n) is 2.82. The molecule has 1 aromatic rings. The summed E-state index contributed by atoms with van der Waals surface area (Å²) in [7, 11) is 0. The van der Waals surface area contributed by atoms with Gasteiger partial charge in [0.25, 0.3) is 0 Å². The predicted octanol–water partition coefficient (Wildman–Crippen LogP) is 2.13. The molecule has 0 aliphatic heterocycles. The summed E-state index contributed by atoms with van der Waals surface area (Å²) in [5.74, 6) is -0.731. The minimum Gasteiger partial charge on any atom is -0.462 e. The van der Waals surface area contributed by atoms with E-state index in [1.165, 1.54) is 18.2 Å². The van der Waals surface area contributed by atoms with Crippen molar-refractivity contribution in [1.29, 1.82) is 5.26 Å². The first-order valence-corrected chi connectivity index (χ1v) is 5.43. The summed E-state index contributed by atoms with van der Waals surface area (Å²) in [6.45, 7) is 1.80. The molecular formula is C10H8N2O4S. The van der Waals surface area contributed by atoms with E-state index in [0.29, 0.717) is 4.88 Å². The Morgan fingerprint density at radius 3 is 2.88 bits per heavy atom. The molecule has 0 N–H and O–H groups in total. The van der Waals surface area contributed by atoms with Crippen LogP contribution in [0.3, 0.4) is 0 Å². The van der Waals surface area contributed by atoms with Crippen LogP contribution in [0.1, 0.15) is 11.8 Å². The van der Waals surface area contributed by atoms with Crippen molar-refractivity contribution in [3.05, 3.63) is 32.7 Å². The Bertz CT molecular complexity index is 513. The van der Waals surface area contributed by atoms with E-state index in [2.05, 4.69) is 4.74 Å². The number of hydrogen-bond acceptors (Lipinski definition) is 6. The number of nitro groups is 1. The van der Waals surface area contributed by atoms with Crippen molar-refractivity contribution in [3.8, 4) is 6.07 Å². The number of rotatable bonds is 4. The number of hydrogen-bond donors (Lipinski definition) is 0. The first-order valence-electron chi connectivity index (χ1n) is 4.61. The molecule has 0 amide bonds. The lowest BCUT2D eigenvalue weighted by Gasteiger charge is -1.97. The molecule has 88 valence electrons. The third-order valence-corrected chi connectivity index (χ3v) is 2.68. The zero-order chi connectivity index (χ0) is 12.8. The normalized spacial score (nSPS) is 10.7. The molecule has 1 aromatic heterocycles. The minimum absolute atomic E-state index is 0.0441. The number of esters is 1. The molecular weight excluding hydrogens is 244 g/mol. The molecule has 0 unspecified atom stereocenters. The highest BCUT2D eigenvalue weighted by molar-refractivity contribution is 7.16. The van der Waals surface area contributed by atoms with Gasteiger partial charge in [-0.3, -0.25) is 10.1 Å². The lowest BCUT2D eigenvalue weighted by Crippen LogP contribution is -2.05. The van der Waals surface area contributed by atoms with Gasteiger partial charge in [-0.05, 0) is 19.1 Å². The smallest absolute Gasteiger partial charge is 0.348 e. The number of carbonyl (C=O) groups excluding carboxylic acids is 1. The van der Waals surface area contributed by atoms with Crippen molar-refractivity contribution in [2.75, 3.05) is 6.61 Å². The highest BCUT2D eigenvalue weighted by Gasteiger charge is 2.13. The molecule has 7 heteroatoms. The Balaban J connectivity index is 2.95. The van der Waals surface area contributed by atoms with E-state index in [-0.39, 0.29) is 17.2 Å². The molecule has 0 aliphatic carbocycles. The summed E-state index contributed by atoms with van der Waals surface area (Å²) in [5, 5.41) is 19.2. The number of ether oxygens (including phenoxy) is 1. The second kappa shape index (κ2) is 5.77. The Labute approximate surface area is 101 Å². The molecule has 0 radical (unpaired) electrons. The second-order valence-corrected chi connectivity index (χ2v) is 3.92. The summed E-state index contributed by atoms with van der Waals surface area (Å²) in [5.41, 5.74) is -0.177. The van der Waals surface area contributed by atoms with Crippen LogP contribution in [0.25, 0.3) is 6.08 Å². The van der Waals surface area contributed by atoms with E-state index in [4.69, 9.17) is 5.26 Å². The molecule has 6 nitrogen and oxygen atoms in total. The van der Waals surface area contributed by atoms with E-state index in [0.717, 1.165) is 11.3 Å². The molecule has 0 atom stereocenters. The fraction of sp³-hybridized carbons (Fsp3) is 0.200. The van der Waals surface area contributed by atoms with Gasteiger partial charge >= 0.3 is 11.0 Å². The van der Waals surface area contributed by atoms with Crippen molar-refractivity contribution in [2.24, 2.45) is 0 Å². The molecule has 0 bridgehead atoms. The van der Waals surface area contributed by atoms with Crippen LogP contribution in [-0.4, -0.2) is 17.5 Å². The van der Waals surface area contributed by atoms with Crippen molar-refractivity contribution < 1.29 is 14.5 Å². The molecule has 0 aromatic carbocycles. The first-order chi connectivity index (χ1) is 8.08. The zero-order valence-corrected chi connectivity index (χ0v) is 9.69. The largest absolute Gasteiger partial charge is 0.462 e. The third kappa shape index (κ3) is 3.39. The summed E-state index contributed by atoms with van der Waals surface area (Å²) < 4.78 is 4.66. The average molecular weight is 252 g/mol. The van der Waals surface area contributed by atoms with Crippen molar-refractivity contribution in [3.63, 3.8) is 0 Å². The Kier molecular flexibility index (Phi) is 4.37. The number of nitrogens with zero attached hydrogens (tertiary/aromatic N) is 2. The fourth-order valence-corrected chi connectivity index (χ4v) is 1.77. The van der Waals surface area contributed by atoms with Crippen LogP contribution in [-0.2, 0) is 9.53 Å². The van der Waals surface area contributed by atoms with Gasteiger partial charge in [-0.2, -0.15) is 5.26 Å². The summed E-state index contributed by atoms with van der Waals surface area (Å²) in [4.78, 5) is 21.7. The topological polar surface area (TPSA) is 93.2 Å². The molecule has 17 heavy (non-hydrogen) atoms. The van der Waals surface area contributed by atoms with E-state index in [1.54, 1.807) is 13.0 Å². The Morgan fingerprint density at radius 1 is 1.71 bits per heavy atom. The average Bonchev–Trinajstić information content (AvgIpc) is 2.74. The zero-order valence-electron chi connectivity index (χ0n) is 8.87. The van der Waals surface area contributed by atoms with Gasteiger partial charge in [0.1, 0.15) is 11.6 Å². The molecule has 0 spiro atoms. The minimum atomic E-state index is -0.731. The molecule has 0 fully saturated rings. The van der Waals surface area contributed by atoms with Crippen LogP contribution in [0.4, 0.5) is 5.00 Å². The van der Waals surface area contributed by atoms with Gasteiger partial charge in [-0.1, -0.05) is 11.3 Å². The van der Waals surface area contributed by atoms with Gasteiger partial charge < -0.3 is 4.74 Å². The van der Waals surface area contributed by atoms with Gasteiger partial charge in [0.2, 0.25) is 0 Å². The molecule has 0 saturated carbocycles. The molecule has 1 rings (SSSR count). The summed E-state index contributed by atoms with van der Waals surface area (Å²) >= 11 is 0.886. The van der Waals surface area contributed by atoms with Crippen LogP contribution < -0.4 is 0 Å². The summed E-state index contributed by atoms with van der Waals surface area (Å²) in [6.07, 6.45) is 1.27. The highest BCUT2D eigenvalue weighted by Crippen LogP contribution is 2.25. The van der Waals surface area contributed by atoms with Gasteiger partial charge in [0, 0.05) is 10.9 Å². The van der Waals surface area contributed by atoms with E-state index >= 15 is 0 Å². The maximum absolute atomic E-state index is 11.3. The first kappa shape index (κ1) is 12.9. The number of carbonyl (C=O) groups is 1. The van der Waals surface area contributed by atoms with Gasteiger partial charge in [0.15, 0.2) is 0 Å². The van der Waals surface area contributed by atoms with Crippen LogP contribution >= 0.6 is 11.3 Å². The lowest BCUT2D eigenvalue weighted by atomic mass is 10.2. The van der Waals surface area contributed by atoms with E-state index < -0.39 is 10.9 Å². The van der Waals surface area contributed by atoms with Gasteiger partial charge in [0.05, 0.1) is 11.5 Å². The maximum Gasteiger partial charge on any atom is 0.348 e. The Morgan fingerprint density at radius 2 is 2.41 bits per heavy atom. The third-order valence-electron chi connectivity index (χ3n) is 1.69. The molecule has 1 heterocycles. The maximum atomic E-state index is 11.3. The SMILES string of the molecule is CCOC(=O)C(C#N)=Cc1ccc([N+](=O)[O-])s1. The quantitative estimate of drug-likeness (QED) is 0.269. The van der Waals surface area contributed by atoms with Gasteiger partial charge in [-0.25, -0.2) is 4.79 Å². The van der Waals surface area contributed by atoms with E-state index in [1.807, 2.05) is 0 Å². The Hall–Kier alpha value is -2.20. The van der Waals surface area contributed by atoms with Crippen LogP contribution in [0.2, 0.25) is 0 Å².